The average molecular weight is 371 g/mol. The topological polar surface area (TPSA) is 39.7 Å². The van der Waals surface area contributed by atoms with E-state index in [1.165, 1.54) is 55.5 Å². The second kappa shape index (κ2) is 10.3. The minimum atomic E-state index is 0.785. The number of likely N-dealkylation sites (tertiary alicyclic amines) is 1. The Morgan fingerprint density at radius 1 is 0.923 bits per heavy atom. The smallest absolute Gasteiger partial charge is 0.191 e. The summed E-state index contributed by atoms with van der Waals surface area (Å²) >= 11 is 1.72. The van der Waals surface area contributed by atoms with E-state index >= 15 is 0 Å². The van der Waals surface area contributed by atoms with Gasteiger partial charge in [0.05, 0.1) is 0 Å². The second-order valence-corrected chi connectivity index (χ2v) is 7.70. The summed E-state index contributed by atoms with van der Waals surface area (Å²) in [6.45, 7) is 5.16. The van der Waals surface area contributed by atoms with Crippen LogP contribution in [0.2, 0.25) is 0 Å². The van der Waals surface area contributed by atoms with Gasteiger partial charge in [-0.1, -0.05) is 37.1 Å². The molecule has 1 saturated heterocycles. The zero-order chi connectivity index (χ0) is 18.0. The fourth-order valence-electron chi connectivity index (χ4n) is 3.30. The van der Waals surface area contributed by atoms with Gasteiger partial charge in [0.15, 0.2) is 5.96 Å². The molecular formula is C21H30N4S. The largest absolute Gasteiger partial charge is 0.352 e. The average Bonchev–Trinajstić information content (AvgIpc) is 3.06. The Kier molecular flexibility index (Phi) is 7.52. The van der Waals surface area contributed by atoms with Crippen molar-refractivity contribution in [2.45, 2.75) is 45.3 Å². The molecule has 0 atom stereocenters. The van der Waals surface area contributed by atoms with Crippen LogP contribution in [0, 0.1) is 0 Å². The second-order valence-electron chi connectivity index (χ2n) is 6.92. The maximum Gasteiger partial charge on any atom is 0.191 e. The number of nitrogens with one attached hydrogen (secondary N) is 2. The van der Waals surface area contributed by atoms with Crippen LogP contribution in [-0.4, -0.2) is 31.0 Å². The molecule has 140 valence electrons. The molecule has 26 heavy (non-hydrogen) atoms. The highest BCUT2D eigenvalue weighted by Gasteiger charge is 2.09. The predicted molar refractivity (Wildman–Crippen MR) is 112 cm³/mol. The number of benzene rings is 1. The molecule has 1 aliphatic heterocycles. The third-order valence-electron chi connectivity index (χ3n) is 4.85. The number of thiophene rings is 1. The lowest BCUT2D eigenvalue weighted by molar-refractivity contribution is 0.277. The highest BCUT2D eigenvalue weighted by molar-refractivity contribution is 7.07. The number of guanidine groups is 1. The maximum absolute atomic E-state index is 4.30. The summed E-state index contributed by atoms with van der Waals surface area (Å²) in [5.41, 5.74) is 3.98. The number of hydrogen-bond donors (Lipinski definition) is 2. The molecule has 2 heterocycles. The van der Waals surface area contributed by atoms with E-state index in [2.05, 4.69) is 61.6 Å². The van der Waals surface area contributed by atoms with Crippen LogP contribution in [0.3, 0.4) is 0 Å². The van der Waals surface area contributed by atoms with Crippen molar-refractivity contribution in [3.63, 3.8) is 0 Å². The fourth-order valence-corrected chi connectivity index (χ4v) is 3.97. The Morgan fingerprint density at radius 2 is 1.58 bits per heavy atom. The zero-order valence-electron chi connectivity index (χ0n) is 15.7. The highest BCUT2D eigenvalue weighted by Crippen LogP contribution is 2.14. The molecule has 1 aromatic heterocycles. The molecule has 1 aromatic carbocycles. The highest BCUT2D eigenvalue weighted by atomic mass is 32.1. The van der Waals surface area contributed by atoms with Crippen molar-refractivity contribution < 1.29 is 0 Å². The maximum atomic E-state index is 4.30. The van der Waals surface area contributed by atoms with Crippen molar-refractivity contribution in [2.24, 2.45) is 4.99 Å². The number of hydrogen-bond acceptors (Lipinski definition) is 3. The number of aliphatic imine (C=N–C) groups is 1. The van der Waals surface area contributed by atoms with Gasteiger partial charge in [0.2, 0.25) is 0 Å². The lowest BCUT2D eigenvalue weighted by Crippen LogP contribution is -2.36. The van der Waals surface area contributed by atoms with Gasteiger partial charge in [-0.05, 0) is 59.4 Å². The minimum absolute atomic E-state index is 0.785. The van der Waals surface area contributed by atoms with E-state index in [9.17, 15) is 0 Å². The molecule has 4 nitrogen and oxygen atoms in total. The van der Waals surface area contributed by atoms with Crippen LogP contribution in [0.4, 0.5) is 0 Å². The van der Waals surface area contributed by atoms with E-state index in [0.29, 0.717) is 0 Å². The van der Waals surface area contributed by atoms with Crippen molar-refractivity contribution >= 4 is 17.3 Å². The van der Waals surface area contributed by atoms with E-state index in [1.54, 1.807) is 11.3 Å². The van der Waals surface area contributed by atoms with Crippen LogP contribution < -0.4 is 10.6 Å². The quantitative estimate of drug-likeness (QED) is 0.597. The lowest BCUT2D eigenvalue weighted by Gasteiger charge is -2.20. The van der Waals surface area contributed by atoms with E-state index in [1.807, 2.05) is 7.05 Å². The van der Waals surface area contributed by atoms with Crippen molar-refractivity contribution in [3.05, 3.63) is 57.8 Å². The number of rotatable bonds is 6. The summed E-state index contributed by atoms with van der Waals surface area (Å²) < 4.78 is 0. The summed E-state index contributed by atoms with van der Waals surface area (Å²) in [7, 11) is 1.81. The molecule has 0 saturated carbocycles. The van der Waals surface area contributed by atoms with Crippen molar-refractivity contribution in [1.82, 2.24) is 15.5 Å². The molecule has 2 N–H and O–H groups in total. The van der Waals surface area contributed by atoms with Gasteiger partial charge in [0.1, 0.15) is 0 Å². The van der Waals surface area contributed by atoms with Gasteiger partial charge in [-0.2, -0.15) is 11.3 Å². The standard InChI is InChI=1S/C21H30N4S/c1-22-21(24-15-20-10-13-26-17-20)23-14-18-6-8-19(9-7-18)16-25-11-4-2-3-5-12-25/h6-10,13,17H,2-5,11-12,14-16H2,1H3,(H2,22,23,24). The van der Waals surface area contributed by atoms with E-state index < -0.39 is 0 Å². The molecule has 0 radical (unpaired) electrons. The number of nitrogens with zero attached hydrogens (tertiary/aromatic N) is 2. The molecule has 1 aliphatic rings. The van der Waals surface area contributed by atoms with Gasteiger partial charge >= 0.3 is 0 Å². The molecule has 0 unspecified atom stereocenters. The summed E-state index contributed by atoms with van der Waals surface area (Å²) in [5.74, 6) is 0.838. The van der Waals surface area contributed by atoms with Crippen LogP contribution in [0.25, 0.3) is 0 Å². The van der Waals surface area contributed by atoms with Crippen LogP contribution in [0.1, 0.15) is 42.4 Å². The lowest BCUT2D eigenvalue weighted by atomic mass is 10.1. The Balaban J connectivity index is 1.44. The van der Waals surface area contributed by atoms with Crippen LogP contribution in [0.5, 0.6) is 0 Å². The Morgan fingerprint density at radius 3 is 2.19 bits per heavy atom. The van der Waals surface area contributed by atoms with E-state index in [0.717, 1.165) is 25.6 Å². The summed E-state index contributed by atoms with van der Waals surface area (Å²) in [5, 5.41) is 11.0. The normalized spacial score (nSPS) is 16.3. The first kappa shape index (κ1) is 18.9. The van der Waals surface area contributed by atoms with Crippen LogP contribution in [-0.2, 0) is 19.6 Å². The molecule has 5 heteroatoms. The molecule has 0 aliphatic carbocycles. The summed E-state index contributed by atoms with van der Waals surface area (Å²) in [6, 6.07) is 11.1. The molecule has 3 rings (SSSR count). The van der Waals surface area contributed by atoms with Crippen LogP contribution in [0.15, 0.2) is 46.1 Å². The van der Waals surface area contributed by atoms with Gasteiger partial charge in [-0.3, -0.25) is 9.89 Å². The van der Waals surface area contributed by atoms with E-state index in [4.69, 9.17) is 0 Å². The predicted octanol–water partition coefficient (Wildman–Crippen LogP) is 3.99. The fraction of sp³-hybridized carbons (Fsp3) is 0.476. The first-order valence-electron chi connectivity index (χ1n) is 9.59. The van der Waals surface area contributed by atoms with Gasteiger partial charge in [-0.15, -0.1) is 0 Å². The van der Waals surface area contributed by atoms with Crippen molar-refractivity contribution in [1.29, 1.82) is 0 Å². The van der Waals surface area contributed by atoms with Crippen molar-refractivity contribution in [3.8, 4) is 0 Å². The van der Waals surface area contributed by atoms with Gasteiger partial charge in [0.25, 0.3) is 0 Å². The van der Waals surface area contributed by atoms with Crippen molar-refractivity contribution in [2.75, 3.05) is 20.1 Å². The molecule has 0 amide bonds. The van der Waals surface area contributed by atoms with Gasteiger partial charge < -0.3 is 10.6 Å². The van der Waals surface area contributed by atoms with E-state index in [-0.39, 0.29) is 0 Å². The Labute approximate surface area is 161 Å². The molecule has 0 bridgehead atoms. The van der Waals surface area contributed by atoms with Gasteiger partial charge in [0, 0.05) is 26.7 Å². The van der Waals surface area contributed by atoms with Gasteiger partial charge in [-0.25, -0.2) is 0 Å². The SMILES string of the molecule is CN=C(NCc1ccc(CN2CCCCCC2)cc1)NCc1ccsc1. The summed E-state index contributed by atoms with van der Waals surface area (Å²) in [4.78, 5) is 6.89. The Bertz CT molecular complexity index is 656. The minimum Gasteiger partial charge on any atom is -0.352 e. The molecular weight excluding hydrogens is 340 g/mol. The zero-order valence-corrected chi connectivity index (χ0v) is 16.5. The first-order valence-corrected chi connectivity index (χ1v) is 10.5. The third kappa shape index (κ3) is 6.15. The monoisotopic (exact) mass is 370 g/mol. The Hall–Kier alpha value is -1.85. The molecule has 0 spiro atoms. The molecule has 1 fully saturated rings. The van der Waals surface area contributed by atoms with Crippen LogP contribution >= 0.6 is 11.3 Å². The molecule has 2 aromatic rings. The summed E-state index contributed by atoms with van der Waals surface area (Å²) in [6.07, 6.45) is 5.48. The first-order chi connectivity index (χ1) is 12.8. The third-order valence-corrected chi connectivity index (χ3v) is 5.58.